The first-order valence-electron chi connectivity index (χ1n) is 5.94. The first-order chi connectivity index (χ1) is 9.35. The van der Waals surface area contributed by atoms with E-state index in [2.05, 4.69) is 5.32 Å². The Bertz CT molecular complexity index is 517. The number of methoxy groups -OCH3 is 1. The van der Waals surface area contributed by atoms with Crippen LogP contribution in [0.5, 0.6) is 5.75 Å². The highest BCUT2D eigenvalue weighted by molar-refractivity contribution is 6.33. The molecule has 0 aliphatic carbocycles. The first-order valence-corrected chi connectivity index (χ1v) is 6.32. The van der Waals surface area contributed by atoms with Gasteiger partial charge in [-0.25, -0.2) is 4.79 Å². The number of carbonyl (C=O) groups is 2. The Kier molecular flexibility index (Phi) is 5.64. The quantitative estimate of drug-likeness (QED) is 0.637. The van der Waals surface area contributed by atoms with Gasteiger partial charge in [-0.3, -0.25) is 4.79 Å². The summed E-state index contributed by atoms with van der Waals surface area (Å²) in [5.41, 5.74) is 6.02. The smallest absolute Gasteiger partial charge is 0.342 e. The number of carbonyl (C=O) groups excluding carboxylic acids is 2. The number of ether oxygens (including phenoxy) is 2. The molecule has 1 rings (SSSR count). The number of hydrogen-bond acceptors (Lipinski definition) is 5. The summed E-state index contributed by atoms with van der Waals surface area (Å²) in [6.45, 7) is 3.24. The predicted molar refractivity (Wildman–Crippen MR) is 76.0 cm³/mol. The molecule has 1 aromatic carbocycles. The van der Waals surface area contributed by atoms with Crippen LogP contribution < -0.4 is 15.8 Å². The molecule has 0 heterocycles. The zero-order valence-electron chi connectivity index (χ0n) is 11.5. The molecule has 3 N–H and O–H groups in total. The zero-order valence-corrected chi connectivity index (χ0v) is 12.3. The number of anilines is 1. The van der Waals surface area contributed by atoms with Gasteiger partial charge in [0.25, 0.3) is 5.91 Å². The third-order valence-electron chi connectivity index (χ3n) is 2.32. The second-order valence-electron chi connectivity index (χ2n) is 4.37. The SMILES string of the molecule is COc1cc(N)c(Cl)cc1C(=O)OCC(=O)NC(C)C. The molecule has 0 spiro atoms. The van der Waals surface area contributed by atoms with Gasteiger partial charge in [0.2, 0.25) is 0 Å². The highest BCUT2D eigenvalue weighted by Gasteiger charge is 2.17. The Balaban J connectivity index is 2.77. The average molecular weight is 301 g/mol. The van der Waals surface area contributed by atoms with Crippen LogP contribution in [-0.4, -0.2) is 31.6 Å². The average Bonchev–Trinajstić information content (AvgIpc) is 2.37. The standard InChI is InChI=1S/C13H17ClN2O4/c1-7(2)16-12(17)6-20-13(18)8-4-9(14)10(15)5-11(8)19-3/h4-5,7H,6,15H2,1-3H3,(H,16,17). The lowest BCUT2D eigenvalue weighted by atomic mass is 10.2. The Morgan fingerprint density at radius 2 is 2.05 bits per heavy atom. The molecule has 0 aromatic heterocycles. The van der Waals surface area contributed by atoms with E-state index in [1.165, 1.54) is 19.2 Å². The van der Waals surface area contributed by atoms with E-state index >= 15 is 0 Å². The van der Waals surface area contributed by atoms with Crippen LogP contribution in [0.4, 0.5) is 5.69 Å². The van der Waals surface area contributed by atoms with Gasteiger partial charge in [0.15, 0.2) is 6.61 Å². The van der Waals surface area contributed by atoms with Crippen molar-refractivity contribution >= 4 is 29.2 Å². The summed E-state index contributed by atoms with van der Waals surface area (Å²) in [6, 6.07) is 2.74. The first kappa shape index (κ1) is 16.1. The minimum absolute atomic E-state index is 0.0262. The molecule has 20 heavy (non-hydrogen) atoms. The molecule has 0 unspecified atom stereocenters. The summed E-state index contributed by atoms with van der Waals surface area (Å²) >= 11 is 5.85. The maximum atomic E-state index is 11.9. The van der Waals surface area contributed by atoms with Gasteiger partial charge in [-0.15, -0.1) is 0 Å². The number of esters is 1. The molecule has 0 aliphatic rings. The number of benzene rings is 1. The number of nitrogens with two attached hydrogens (primary N) is 1. The van der Waals surface area contributed by atoms with Crippen molar-refractivity contribution in [2.45, 2.75) is 19.9 Å². The maximum absolute atomic E-state index is 11.9. The van der Waals surface area contributed by atoms with Crippen molar-refractivity contribution in [1.29, 1.82) is 0 Å². The lowest BCUT2D eigenvalue weighted by Gasteiger charge is -2.11. The van der Waals surface area contributed by atoms with Crippen molar-refractivity contribution < 1.29 is 19.1 Å². The number of amides is 1. The van der Waals surface area contributed by atoms with Gasteiger partial charge in [-0.1, -0.05) is 11.6 Å². The van der Waals surface area contributed by atoms with Crippen molar-refractivity contribution in [2.75, 3.05) is 19.5 Å². The summed E-state index contributed by atoms with van der Waals surface area (Å²) in [5.74, 6) is -0.849. The van der Waals surface area contributed by atoms with E-state index in [1.54, 1.807) is 0 Å². The summed E-state index contributed by atoms with van der Waals surface area (Å²) in [6.07, 6.45) is 0. The van der Waals surface area contributed by atoms with Crippen molar-refractivity contribution in [3.8, 4) is 5.75 Å². The largest absolute Gasteiger partial charge is 0.496 e. The van der Waals surface area contributed by atoms with E-state index in [9.17, 15) is 9.59 Å². The summed E-state index contributed by atoms with van der Waals surface area (Å²) in [7, 11) is 1.39. The third kappa shape index (κ3) is 4.31. The van der Waals surface area contributed by atoms with E-state index in [1.807, 2.05) is 13.8 Å². The van der Waals surface area contributed by atoms with E-state index in [0.29, 0.717) is 0 Å². The molecule has 1 amide bonds. The number of halogens is 1. The second kappa shape index (κ2) is 7.00. The van der Waals surface area contributed by atoms with Gasteiger partial charge in [-0.05, 0) is 19.9 Å². The highest BCUT2D eigenvalue weighted by Crippen LogP contribution is 2.29. The Morgan fingerprint density at radius 1 is 1.40 bits per heavy atom. The van der Waals surface area contributed by atoms with Crippen LogP contribution in [0.25, 0.3) is 0 Å². The molecule has 0 atom stereocenters. The van der Waals surface area contributed by atoms with Crippen LogP contribution >= 0.6 is 11.6 Å². The van der Waals surface area contributed by atoms with E-state index < -0.39 is 5.97 Å². The fraction of sp³-hybridized carbons (Fsp3) is 0.385. The van der Waals surface area contributed by atoms with Gasteiger partial charge in [-0.2, -0.15) is 0 Å². The van der Waals surface area contributed by atoms with Crippen LogP contribution in [-0.2, 0) is 9.53 Å². The van der Waals surface area contributed by atoms with Gasteiger partial charge < -0.3 is 20.5 Å². The fourth-order valence-electron chi connectivity index (χ4n) is 1.47. The van der Waals surface area contributed by atoms with Crippen LogP contribution in [0.1, 0.15) is 24.2 Å². The number of nitrogen functional groups attached to an aromatic ring is 1. The van der Waals surface area contributed by atoms with E-state index in [0.717, 1.165) is 0 Å². The Morgan fingerprint density at radius 3 is 2.60 bits per heavy atom. The molecule has 0 fully saturated rings. The minimum atomic E-state index is -0.706. The number of rotatable bonds is 5. The molecule has 0 bridgehead atoms. The molecule has 0 saturated heterocycles. The molecule has 6 nitrogen and oxygen atoms in total. The van der Waals surface area contributed by atoms with Crippen molar-refractivity contribution in [1.82, 2.24) is 5.32 Å². The molecular weight excluding hydrogens is 284 g/mol. The molecule has 7 heteroatoms. The monoisotopic (exact) mass is 300 g/mol. The van der Waals surface area contributed by atoms with Crippen LogP contribution in [0, 0.1) is 0 Å². The Labute approximate surface area is 122 Å². The van der Waals surface area contributed by atoms with Gasteiger partial charge >= 0.3 is 5.97 Å². The van der Waals surface area contributed by atoms with E-state index in [4.69, 9.17) is 26.8 Å². The molecule has 0 saturated carbocycles. The normalized spacial score (nSPS) is 10.2. The third-order valence-corrected chi connectivity index (χ3v) is 2.65. The number of hydrogen-bond donors (Lipinski definition) is 2. The molecule has 0 radical (unpaired) electrons. The molecule has 1 aromatic rings. The van der Waals surface area contributed by atoms with Crippen LogP contribution in [0.15, 0.2) is 12.1 Å². The lowest BCUT2D eigenvalue weighted by Crippen LogP contribution is -2.34. The van der Waals surface area contributed by atoms with Gasteiger partial charge in [0.1, 0.15) is 11.3 Å². The van der Waals surface area contributed by atoms with E-state index in [-0.39, 0.29) is 40.6 Å². The highest BCUT2D eigenvalue weighted by atomic mass is 35.5. The zero-order chi connectivity index (χ0) is 15.3. The summed E-state index contributed by atoms with van der Waals surface area (Å²) in [4.78, 5) is 23.3. The molecular formula is C13H17ClN2O4. The van der Waals surface area contributed by atoms with Crippen LogP contribution in [0.2, 0.25) is 5.02 Å². The van der Waals surface area contributed by atoms with Gasteiger partial charge in [0, 0.05) is 12.1 Å². The van der Waals surface area contributed by atoms with Gasteiger partial charge in [0.05, 0.1) is 17.8 Å². The molecule has 0 aliphatic heterocycles. The fourth-order valence-corrected chi connectivity index (χ4v) is 1.63. The summed E-state index contributed by atoms with van der Waals surface area (Å²) in [5, 5.41) is 2.82. The van der Waals surface area contributed by atoms with Crippen LogP contribution in [0.3, 0.4) is 0 Å². The topological polar surface area (TPSA) is 90.7 Å². The van der Waals surface area contributed by atoms with Crippen molar-refractivity contribution in [3.63, 3.8) is 0 Å². The summed E-state index contributed by atoms with van der Waals surface area (Å²) < 4.78 is 9.93. The number of nitrogens with one attached hydrogen (secondary N) is 1. The molecule has 110 valence electrons. The minimum Gasteiger partial charge on any atom is -0.496 e. The van der Waals surface area contributed by atoms with Crippen molar-refractivity contribution in [2.24, 2.45) is 0 Å². The van der Waals surface area contributed by atoms with Crippen molar-refractivity contribution in [3.05, 3.63) is 22.7 Å². The Hall–Kier alpha value is -1.95. The lowest BCUT2D eigenvalue weighted by molar-refractivity contribution is -0.124. The second-order valence-corrected chi connectivity index (χ2v) is 4.78. The maximum Gasteiger partial charge on any atom is 0.342 e. The predicted octanol–water partition coefficient (Wildman–Crippen LogP) is 1.61.